The number of carbonyl (C=O) groups excluding carboxylic acids is 2. The number of carbonyl (C=O) groups is 2. The van der Waals surface area contributed by atoms with Gasteiger partial charge >= 0.3 is 0 Å². The van der Waals surface area contributed by atoms with Crippen LogP contribution in [0.15, 0.2) is 42.7 Å². The number of benzene rings is 1. The molecule has 1 aromatic heterocycles. The van der Waals surface area contributed by atoms with Crippen molar-refractivity contribution in [3.63, 3.8) is 0 Å². The molecule has 1 aliphatic carbocycles. The third-order valence-corrected chi connectivity index (χ3v) is 4.74. The molecule has 0 aliphatic heterocycles. The van der Waals surface area contributed by atoms with Crippen LogP contribution < -0.4 is 10.6 Å². The molecular formula is C20H24N4O2. The van der Waals surface area contributed by atoms with Gasteiger partial charge in [-0.25, -0.2) is 4.98 Å². The van der Waals surface area contributed by atoms with E-state index in [1.165, 1.54) is 11.8 Å². The van der Waals surface area contributed by atoms with E-state index in [1.807, 2.05) is 37.3 Å². The Morgan fingerprint density at radius 2 is 1.92 bits per heavy atom. The van der Waals surface area contributed by atoms with Crippen LogP contribution in [0.1, 0.15) is 41.0 Å². The van der Waals surface area contributed by atoms with Gasteiger partial charge in [0.15, 0.2) is 0 Å². The van der Waals surface area contributed by atoms with Gasteiger partial charge in [-0.15, -0.1) is 0 Å². The van der Waals surface area contributed by atoms with Crippen molar-refractivity contribution in [3.05, 3.63) is 59.7 Å². The molecular weight excluding hydrogens is 328 g/mol. The largest absolute Gasteiger partial charge is 0.355 e. The van der Waals surface area contributed by atoms with Crippen molar-refractivity contribution in [2.75, 3.05) is 6.54 Å². The molecule has 26 heavy (non-hydrogen) atoms. The summed E-state index contributed by atoms with van der Waals surface area (Å²) in [6.07, 6.45) is 6.37. The Morgan fingerprint density at radius 1 is 1.12 bits per heavy atom. The summed E-state index contributed by atoms with van der Waals surface area (Å²) in [5, 5.41) is 5.96. The predicted octanol–water partition coefficient (Wildman–Crippen LogP) is 2.04. The number of rotatable bonds is 6. The van der Waals surface area contributed by atoms with Crippen molar-refractivity contribution in [3.8, 4) is 0 Å². The minimum Gasteiger partial charge on any atom is -0.355 e. The number of hydrogen-bond donors (Lipinski definition) is 2. The first-order chi connectivity index (χ1) is 12.6. The molecule has 6 heteroatoms. The maximum absolute atomic E-state index is 12.5. The summed E-state index contributed by atoms with van der Waals surface area (Å²) in [7, 11) is 0. The molecule has 6 nitrogen and oxygen atoms in total. The van der Waals surface area contributed by atoms with Gasteiger partial charge in [0.2, 0.25) is 5.91 Å². The molecule has 1 aliphatic rings. The highest BCUT2D eigenvalue weighted by molar-refractivity contribution is 5.92. The van der Waals surface area contributed by atoms with Crippen LogP contribution in [-0.2, 0) is 11.2 Å². The minimum atomic E-state index is -0.272. The van der Waals surface area contributed by atoms with Gasteiger partial charge in [-0.2, -0.15) is 0 Å². The molecule has 136 valence electrons. The Bertz CT molecular complexity index is 746. The highest BCUT2D eigenvalue weighted by Crippen LogP contribution is 2.26. The number of nitrogens with zero attached hydrogens (tertiary/aromatic N) is 2. The molecule has 0 unspecified atom stereocenters. The summed E-state index contributed by atoms with van der Waals surface area (Å²) in [6, 6.07) is 9.91. The number of amides is 2. The Balaban J connectivity index is 1.51. The Morgan fingerprint density at radius 3 is 2.65 bits per heavy atom. The van der Waals surface area contributed by atoms with E-state index in [0.717, 1.165) is 31.4 Å². The fourth-order valence-electron chi connectivity index (χ4n) is 3.30. The van der Waals surface area contributed by atoms with Gasteiger partial charge in [0.1, 0.15) is 5.69 Å². The minimum absolute atomic E-state index is 0.0127. The van der Waals surface area contributed by atoms with Gasteiger partial charge < -0.3 is 10.6 Å². The van der Waals surface area contributed by atoms with Crippen LogP contribution in [0.3, 0.4) is 0 Å². The lowest BCUT2D eigenvalue weighted by Crippen LogP contribution is -2.44. The number of aryl methyl sites for hydroxylation is 1. The highest BCUT2D eigenvalue weighted by atomic mass is 16.2. The van der Waals surface area contributed by atoms with Gasteiger partial charge in [-0.3, -0.25) is 14.6 Å². The molecule has 2 atom stereocenters. The maximum atomic E-state index is 12.5. The van der Waals surface area contributed by atoms with Crippen LogP contribution in [-0.4, -0.2) is 34.4 Å². The summed E-state index contributed by atoms with van der Waals surface area (Å²) >= 11 is 0. The molecule has 2 aromatic rings. The summed E-state index contributed by atoms with van der Waals surface area (Å²) in [5.41, 5.74) is 2.24. The van der Waals surface area contributed by atoms with Crippen LogP contribution in [0.4, 0.5) is 0 Å². The van der Waals surface area contributed by atoms with E-state index in [4.69, 9.17) is 0 Å². The SMILES string of the molecule is Cc1cnc(C(=O)N[C@@H]2CCC[C@@H]2C(=O)NCCc2ccccc2)cn1. The topological polar surface area (TPSA) is 84.0 Å². The van der Waals surface area contributed by atoms with Crippen LogP contribution in [0.2, 0.25) is 0 Å². The Hall–Kier alpha value is -2.76. The lowest BCUT2D eigenvalue weighted by atomic mass is 10.0. The van der Waals surface area contributed by atoms with Crippen LogP contribution >= 0.6 is 0 Å². The summed E-state index contributed by atoms with van der Waals surface area (Å²) in [5.74, 6) is -0.446. The fourth-order valence-corrected chi connectivity index (χ4v) is 3.30. The lowest BCUT2D eigenvalue weighted by Gasteiger charge is -2.20. The summed E-state index contributed by atoms with van der Waals surface area (Å²) < 4.78 is 0. The maximum Gasteiger partial charge on any atom is 0.271 e. The van der Waals surface area contributed by atoms with Crippen molar-refractivity contribution in [2.45, 2.75) is 38.6 Å². The van der Waals surface area contributed by atoms with E-state index in [0.29, 0.717) is 6.54 Å². The van der Waals surface area contributed by atoms with Gasteiger partial charge in [0.05, 0.1) is 17.8 Å². The van der Waals surface area contributed by atoms with E-state index in [2.05, 4.69) is 20.6 Å². The molecule has 0 spiro atoms. The second kappa shape index (κ2) is 8.56. The zero-order chi connectivity index (χ0) is 18.4. The quantitative estimate of drug-likeness (QED) is 0.833. The van der Waals surface area contributed by atoms with Crippen molar-refractivity contribution in [1.82, 2.24) is 20.6 Å². The highest BCUT2D eigenvalue weighted by Gasteiger charge is 2.34. The summed E-state index contributed by atoms with van der Waals surface area (Å²) in [4.78, 5) is 33.0. The molecule has 1 aromatic carbocycles. The first kappa shape index (κ1) is 18.0. The third kappa shape index (κ3) is 4.65. The molecule has 1 fully saturated rings. The molecule has 0 saturated heterocycles. The zero-order valence-electron chi connectivity index (χ0n) is 14.9. The molecule has 0 radical (unpaired) electrons. The van der Waals surface area contributed by atoms with E-state index < -0.39 is 0 Å². The molecule has 3 rings (SSSR count). The Kier molecular flexibility index (Phi) is 5.94. The second-order valence-corrected chi connectivity index (χ2v) is 6.69. The lowest BCUT2D eigenvalue weighted by molar-refractivity contribution is -0.125. The average molecular weight is 352 g/mol. The van der Waals surface area contributed by atoms with Crippen molar-refractivity contribution < 1.29 is 9.59 Å². The van der Waals surface area contributed by atoms with Gasteiger partial charge in [0.25, 0.3) is 5.91 Å². The van der Waals surface area contributed by atoms with Gasteiger partial charge in [-0.1, -0.05) is 36.8 Å². The smallest absolute Gasteiger partial charge is 0.271 e. The van der Waals surface area contributed by atoms with E-state index in [1.54, 1.807) is 6.20 Å². The summed E-state index contributed by atoms with van der Waals surface area (Å²) in [6.45, 7) is 2.42. The second-order valence-electron chi connectivity index (χ2n) is 6.69. The average Bonchev–Trinajstić information content (AvgIpc) is 3.11. The van der Waals surface area contributed by atoms with E-state index in [9.17, 15) is 9.59 Å². The van der Waals surface area contributed by atoms with Crippen LogP contribution in [0.5, 0.6) is 0 Å². The number of aromatic nitrogens is 2. The molecule has 2 N–H and O–H groups in total. The zero-order valence-corrected chi connectivity index (χ0v) is 14.9. The first-order valence-corrected chi connectivity index (χ1v) is 9.04. The van der Waals surface area contributed by atoms with Gasteiger partial charge in [-0.05, 0) is 31.7 Å². The normalized spacial score (nSPS) is 19.1. The standard InChI is InChI=1S/C20H24N4O2/c1-14-12-23-18(13-22-14)20(26)24-17-9-5-8-16(17)19(25)21-11-10-15-6-3-2-4-7-15/h2-4,6-7,12-13,16-17H,5,8-11H2,1H3,(H,21,25)(H,24,26)/t16-,17+/m0/s1. The van der Waals surface area contributed by atoms with Crippen molar-refractivity contribution in [1.29, 1.82) is 0 Å². The fraction of sp³-hybridized carbons (Fsp3) is 0.400. The molecule has 0 bridgehead atoms. The monoisotopic (exact) mass is 352 g/mol. The first-order valence-electron chi connectivity index (χ1n) is 9.04. The number of nitrogens with one attached hydrogen (secondary N) is 2. The number of hydrogen-bond acceptors (Lipinski definition) is 4. The molecule has 2 amide bonds. The van der Waals surface area contributed by atoms with Crippen LogP contribution in [0.25, 0.3) is 0 Å². The molecule has 1 saturated carbocycles. The van der Waals surface area contributed by atoms with E-state index >= 15 is 0 Å². The van der Waals surface area contributed by atoms with Gasteiger partial charge in [0, 0.05) is 18.8 Å². The third-order valence-electron chi connectivity index (χ3n) is 4.74. The Labute approximate surface area is 153 Å². The van der Waals surface area contributed by atoms with Crippen LogP contribution in [0, 0.1) is 12.8 Å². The predicted molar refractivity (Wildman–Crippen MR) is 98.5 cm³/mol. The van der Waals surface area contributed by atoms with Crippen molar-refractivity contribution in [2.24, 2.45) is 5.92 Å². The van der Waals surface area contributed by atoms with Crippen molar-refractivity contribution >= 4 is 11.8 Å². The van der Waals surface area contributed by atoms with E-state index in [-0.39, 0.29) is 29.5 Å². The molecule has 1 heterocycles.